The van der Waals surface area contributed by atoms with Gasteiger partial charge in [-0.05, 0) is 0 Å². The van der Waals surface area contributed by atoms with Crippen LogP contribution in [-0.4, -0.2) is 24.5 Å². The molecule has 0 aromatic rings. The topological polar surface area (TPSA) is 44.8 Å². The summed E-state index contributed by atoms with van der Waals surface area (Å²) in [6.45, 7) is 1.37. The van der Waals surface area contributed by atoms with Crippen molar-refractivity contribution in [2.24, 2.45) is 0 Å². The molecular weight excluding hydrogens is 82.0 g/mol. The van der Waals surface area contributed by atoms with Crippen molar-refractivity contribution in [3.05, 3.63) is 0 Å². The molecule has 1 heterocycles. The fourth-order valence-electron chi connectivity index (χ4n) is 0.288. The third-order valence-corrected chi connectivity index (χ3v) is 0.721. The molecule has 0 bridgehead atoms. The molecule has 36 valence electrons. The molecule has 1 saturated heterocycles. The monoisotopic (exact) mass is 89.0 g/mol. The predicted molar refractivity (Wildman–Crippen MR) is 19.5 cm³/mol. The van der Waals surface area contributed by atoms with Gasteiger partial charge in [0.2, 0.25) is 0 Å². The Morgan fingerprint density at radius 1 is 2.00 bits per heavy atom. The maximum Gasteiger partial charge on any atom is 0.0957 e. The molecule has 0 saturated carbocycles. The second kappa shape index (κ2) is 1.55. The van der Waals surface area contributed by atoms with Crippen molar-refractivity contribution < 1.29 is 9.94 Å². The van der Waals surface area contributed by atoms with Gasteiger partial charge in [-0.25, -0.2) is 5.48 Å². The number of epoxide rings is 1. The van der Waals surface area contributed by atoms with E-state index < -0.39 is 0 Å². The first-order valence-electron chi connectivity index (χ1n) is 1.92. The van der Waals surface area contributed by atoms with Gasteiger partial charge in [0.15, 0.2) is 0 Å². The predicted octanol–water partition coefficient (Wildman–Crippen LogP) is -0.636. The molecule has 3 heteroatoms. The second-order valence-corrected chi connectivity index (χ2v) is 1.32. The van der Waals surface area contributed by atoms with Crippen LogP contribution in [0.25, 0.3) is 0 Å². The quantitative estimate of drug-likeness (QED) is 0.349. The van der Waals surface area contributed by atoms with E-state index in [1.807, 2.05) is 5.48 Å². The van der Waals surface area contributed by atoms with Gasteiger partial charge in [-0.15, -0.1) is 0 Å². The van der Waals surface area contributed by atoms with Crippen LogP contribution in [0.5, 0.6) is 0 Å². The van der Waals surface area contributed by atoms with Gasteiger partial charge in [0, 0.05) is 6.54 Å². The molecule has 0 aliphatic carbocycles. The fourth-order valence-corrected chi connectivity index (χ4v) is 0.288. The van der Waals surface area contributed by atoms with E-state index in [1.54, 1.807) is 0 Å². The van der Waals surface area contributed by atoms with Crippen LogP contribution in [0.1, 0.15) is 0 Å². The average molecular weight is 89.1 g/mol. The summed E-state index contributed by atoms with van der Waals surface area (Å²) < 4.78 is 4.73. The van der Waals surface area contributed by atoms with Gasteiger partial charge < -0.3 is 9.94 Å². The number of nitrogens with one attached hydrogen (secondary N) is 1. The maximum absolute atomic E-state index is 7.95. The molecule has 1 atom stereocenters. The Labute approximate surface area is 35.9 Å². The smallest absolute Gasteiger partial charge is 0.0957 e. The molecule has 0 radical (unpaired) electrons. The van der Waals surface area contributed by atoms with Crippen molar-refractivity contribution >= 4 is 0 Å². The van der Waals surface area contributed by atoms with E-state index in [0.717, 1.165) is 6.61 Å². The van der Waals surface area contributed by atoms with Crippen molar-refractivity contribution in [3.63, 3.8) is 0 Å². The lowest BCUT2D eigenvalue weighted by molar-refractivity contribution is 0.157. The third-order valence-electron chi connectivity index (χ3n) is 0.721. The van der Waals surface area contributed by atoms with E-state index >= 15 is 0 Å². The molecule has 6 heavy (non-hydrogen) atoms. The van der Waals surface area contributed by atoms with Gasteiger partial charge in [0.25, 0.3) is 0 Å². The van der Waals surface area contributed by atoms with Crippen LogP contribution in [0.4, 0.5) is 0 Å². The maximum atomic E-state index is 7.95. The number of hydroxylamine groups is 1. The lowest BCUT2D eigenvalue weighted by Gasteiger charge is -1.83. The zero-order valence-electron chi connectivity index (χ0n) is 3.35. The minimum absolute atomic E-state index is 0.287. The first-order chi connectivity index (χ1) is 2.93. The van der Waals surface area contributed by atoms with Crippen molar-refractivity contribution in [3.8, 4) is 0 Å². The molecule has 3 nitrogen and oxygen atoms in total. The van der Waals surface area contributed by atoms with Crippen LogP contribution in [0.3, 0.4) is 0 Å². The van der Waals surface area contributed by atoms with Crippen molar-refractivity contribution in [1.82, 2.24) is 5.48 Å². The van der Waals surface area contributed by atoms with Crippen molar-refractivity contribution in [1.29, 1.82) is 0 Å². The zero-order valence-corrected chi connectivity index (χ0v) is 3.35. The SMILES string of the molecule is ONCC1CO1. The van der Waals surface area contributed by atoms with E-state index in [-0.39, 0.29) is 6.10 Å². The van der Waals surface area contributed by atoms with Gasteiger partial charge in [-0.2, -0.15) is 0 Å². The summed E-state index contributed by atoms with van der Waals surface area (Å²) in [7, 11) is 0. The third kappa shape index (κ3) is 0.931. The molecule has 2 N–H and O–H groups in total. The Hall–Kier alpha value is -0.120. The Morgan fingerprint density at radius 2 is 2.67 bits per heavy atom. The minimum Gasteiger partial charge on any atom is -0.372 e. The largest absolute Gasteiger partial charge is 0.372 e. The number of hydrogen-bond acceptors (Lipinski definition) is 3. The van der Waals surface area contributed by atoms with Gasteiger partial charge in [-0.1, -0.05) is 0 Å². The average Bonchev–Trinajstić information content (AvgIpc) is 2.21. The number of ether oxygens (including phenoxy) is 1. The van der Waals surface area contributed by atoms with Crippen LogP contribution >= 0.6 is 0 Å². The highest BCUT2D eigenvalue weighted by Crippen LogP contribution is 2.04. The normalized spacial score (nSPS) is 30.5. The molecule has 1 aliphatic heterocycles. The fraction of sp³-hybridized carbons (Fsp3) is 1.00. The molecule has 0 spiro atoms. The van der Waals surface area contributed by atoms with Gasteiger partial charge in [-0.3, -0.25) is 0 Å². The lowest BCUT2D eigenvalue weighted by Crippen LogP contribution is -2.13. The molecule has 1 unspecified atom stereocenters. The highest BCUT2D eigenvalue weighted by atomic mass is 16.6. The molecule has 1 fully saturated rings. The standard InChI is InChI=1S/C3H7NO2/c5-4-1-3-2-6-3/h3-5H,1-2H2. The van der Waals surface area contributed by atoms with Crippen LogP contribution in [0.2, 0.25) is 0 Å². The Bertz CT molecular complexity index is 44.1. The molecule has 0 aromatic heterocycles. The second-order valence-electron chi connectivity index (χ2n) is 1.32. The Kier molecular flexibility index (Phi) is 1.05. The minimum atomic E-state index is 0.287. The van der Waals surface area contributed by atoms with E-state index in [9.17, 15) is 0 Å². The first kappa shape index (κ1) is 4.05. The molecule has 0 aromatic carbocycles. The molecule has 0 amide bonds. The molecule has 1 aliphatic rings. The van der Waals surface area contributed by atoms with Gasteiger partial charge in [0.05, 0.1) is 12.7 Å². The number of hydrogen-bond donors (Lipinski definition) is 2. The van der Waals surface area contributed by atoms with Crippen molar-refractivity contribution in [2.45, 2.75) is 6.10 Å². The summed E-state index contributed by atoms with van der Waals surface area (Å²) in [5.74, 6) is 0. The summed E-state index contributed by atoms with van der Waals surface area (Å²) in [6.07, 6.45) is 0.287. The van der Waals surface area contributed by atoms with Gasteiger partial charge in [0.1, 0.15) is 0 Å². The summed E-state index contributed by atoms with van der Waals surface area (Å²) >= 11 is 0. The summed E-state index contributed by atoms with van der Waals surface area (Å²) in [4.78, 5) is 0. The molecular formula is C3H7NO2. The highest BCUT2D eigenvalue weighted by Gasteiger charge is 2.20. The number of rotatable bonds is 2. The van der Waals surface area contributed by atoms with Crippen molar-refractivity contribution in [2.75, 3.05) is 13.2 Å². The van der Waals surface area contributed by atoms with E-state index in [1.165, 1.54) is 0 Å². The first-order valence-corrected chi connectivity index (χ1v) is 1.92. The highest BCUT2D eigenvalue weighted by molar-refractivity contribution is 4.68. The van der Waals surface area contributed by atoms with E-state index in [4.69, 9.17) is 9.94 Å². The Balaban J connectivity index is 1.88. The van der Waals surface area contributed by atoms with Crippen LogP contribution in [-0.2, 0) is 4.74 Å². The molecule has 1 rings (SSSR count). The van der Waals surface area contributed by atoms with Crippen LogP contribution < -0.4 is 5.48 Å². The summed E-state index contributed by atoms with van der Waals surface area (Å²) in [5.41, 5.74) is 2.00. The summed E-state index contributed by atoms with van der Waals surface area (Å²) in [5, 5.41) is 7.95. The van der Waals surface area contributed by atoms with Gasteiger partial charge >= 0.3 is 0 Å². The van der Waals surface area contributed by atoms with E-state index in [2.05, 4.69) is 0 Å². The zero-order chi connectivity index (χ0) is 4.41. The Morgan fingerprint density at radius 3 is 2.83 bits per heavy atom. The van der Waals surface area contributed by atoms with E-state index in [0.29, 0.717) is 6.54 Å². The lowest BCUT2D eigenvalue weighted by atomic mass is 10.5. The summed E-state index contributed by atoms with van der Waals surface area (Å²) in [6, 6.07) is 0. The van der Waals surface area contributed by atoms with Crippen LogP contribution in [0, 0.1) is 0 Å². The van der Waals surface area contributed by atoms with Crippen LogP contribution in [0.15, 0.2) is 0 Å².